The lowest BCUT2D eigenvalue weighted by Gasteiger charge is -2.14. The van der Waals surface area contributed by atoms with Crippen molar-refractivity contribution < 1.29 is 12.8 Å². The third-order valence-corrected chi connectivity index (χ3v) is 4.91. The van der Waals surface area contributed by atoms with Gasteiger partial charge < -0.3 is 4.42 Å². The average molecular weight is 307 g/mol. The van der Waals surface area contributed by atoms with Crippen molar-refractivity contribution in [2.45, 2.75) is 44.0 Å². The van der Waals surface area contributed by atoms with Crippen LogP contribution in [0, 0.1) is 0 Å². The minimum Gasteiger partial charge on any atom is -0.469 e. The van der Waals surface area contributed by atoms with Gasteiger partial charge in [-0.3, -0.25) is 0 Å². The van der Waals surface area contributed by atoms with Gasteiger partial charge in [-0.25, -0.2) is 13.1 Å². The molecule has 0 aliphatic rings. The Morgan fingerprint density at radius 1 is 1.10 bits per heavy atom. The van der Waals surface area contributed by atoms with Crippen LogP contribution in [0.1, 0.15) is 38.0 Å². The van der Waals surface area contributed by atoms with Crippen LogP contribution in [0.2, 0.25) is 0 Å². The van der Waals surface area contributed by atoms with E-state index in [0.29, 0.717) is 12.3 Å². The molecule has 0 saturated carbocycles. The molecule has 0 bridgehead atoms. The molecule has 4 nitrogen and oxygen atoms in total. The molecule has 0 aliphatic carbocycles. The Balaban J connectivity index is 2.07. The fourth-order valence-corrected chi connectivity index (χ4v) is 3.38. The summed E-state index contributed by atoms with van der Waals surface area (Å²) >= 11 is 0. The molecule has 5 heteroatoms. The maximum atomic E-state index is 12.3. The van der Waals surface area contributed by atoms with Crippen molar-refractivity contribution in [3.8, 4) is 0 Å². The second-order valence-electron chi connectivity index (χ2n) is 5.53. The Morgan fingerprint density at radius 2 is 1.76 bits per heavy atom. The maximum absolute atomic E-state index is 12.3. The average Bonchev–Trinajstić information content (AvgIpc) is 2.90. The zero-order chi connectivity index (χ0) is 15.5. The second-order valence-corrected chi connectivity index (χ2v) is 7.24. The van der Waals surface area contributed by atoms with Crippen molar-refractivity contribution in [3.05, 3.63) is 54.0 Å². The first-order valence-corrected chi connectivity index (χ1v) is 8.51. The number of hydrogen-bond acceptors (Lipinski definition) is 3. The van der Waals surface area contributed by atoms with Gasteiger partial charge in [-0.05, 0) is 42.7 Å². The highest BCUT2D eigenvalue weighted by Gasteiger charge is 2.18. The third kappa shape index (κ3) is 4.19. The summed E-state index contributed by atoms with van der Waals surface area (Å²) in [5.41, 5.74) is 1.12. The lowest BCUT2D eigenvalue weighted by molar-refractivity contribution is 0.479. The summed E-state index contributed by atoms with van der Waals surface area (Å²) in [6.45, 7) is 5.98. The van der Waals surface area contributed by atoms with E-state index in [1.807, 2.05) is 25.1 Å². The minimum atomic E-state index is -3.50. The SMILES string of the molecule is CC(Cc1ccco1)NS(=O)(=O)c1ccc(C(C)C)cc1. The van der Waals surface area contributed by atoms with Gasteiger partial charge in [0.1, 0.15) is 5.76 Å². The second kappa shape index (κ2) is 6.45. The van der Waals surface area contributed by atoms with Gasteiger partial charge in [0, 0.05) is 12.5 Å². The third-order valence-electron chi connectivity index (χ3n) is 3.30. The number of hydrogen-bond donors (Lipinski definition) is 1. The zero-order valence-corrected chi connectivity index (χ0v) is 13.4. The predicted molar refractivity (Wildman–Crippen MR) is 82.7 cm³/mol. The van der Waals surface area contributed by atoms with Crippen LogP contribution in [0.3, 0.4) is 0 Å². The first-order chi connectivity index (χ1) is 9.88. The van der Waals surface area contributed by atoms with E-state index in [1.54, 1.807) is 24.5 Å². The molecule has 1 atom stereocenters. The molecule has 21 heavy (non-hydrogen) atoms. The molecule has 1 aromatic carbocycles. The smallest absolute Gasteiger partial charge is 0.240 e. The summed E-state index contributed by atoms with van der Waals surface area (Å²) in [7, 11) is -3.50. The molecule has 0 amide bonds. The van der Waals surface area contributed by atoms with Gasteiger partial charge in [0.15, 0.2) is 0 Å². The Hall–Kier alpha value is -1.59. The number of nitrogens with one attached hydrogen (secondary N) is 1. The topological polar surface area (TPSA) is 59.3 Å². The summed E-state index contributed by atoms with van der Waals surface area (Å²) in [5.74, 6) is 1.15. The molecule has 2 aromatic rings. The van der Waals surface area contributed by atoms with E-state index < -0.39 is 10.0 Å². The van der Waals surface area contributed by atoms with Crippen molar-refractivity contribution >= 4 is 10.0 Å². The van der Waals surface area contributed by atoms with Gasteiger partial charge in [0.25, 0.3) is 0 Å². The Labute approximate surface area is 126 Å². The van der Waals surface area contributed by atoms with E-state index in [9.17, 15) is 8.42 Å². The standard InChI is InChI=1S/C16H21NO3S/c1-12(2)14-6-8-16(9-7-14)21(18,19)17-13(3)11-15-5-4-10-20-15/h4-10,12-13,17H,11H2,1-3H3. The van der Waals surface area contributed by atoms with E-state index in [1.165, 1.54) is 0 Å². The molecule has 1 aromatic heterocycles. The van der Waals surface area contributed by atoms with Crippen LogP contribution in [0.5, 0.6) is 0 Å². The van der Waals surface area contributed by atoms with Crippen LogP contribution in [0.15, 0.2) is 52.0 Å². The fourth-order valence-electron chi connectivity index (χ4n) is 2.14. The highest BCUT2D eigenvalue weighted by molar-refractivity contribution is 7.89. The molecule has 0 radical (unpaired) electrons. The molecule has 1 unspecified atom stereocenters. The number of sulfonamides is 1. The lowest BCUT2D eigenvalue weighted by atomic mass is 10.0. The molecule has 0 fully saturated rings. The largest absolute Gasteiger partial charge is 0.469 e. The first kappa shape index (κ1) is 15.8. The minimum absolute atomic E-state index is 0.231. The number of furan rings is 1. The summed E-state index contributed by atoms with van der Waals surface area (Å²) in [6, 6.07) is 10.4. The highest BCUT2D eigenvalue weighted by Crippen LogP contribution is 2.17. The van der Waals surface area contributed by atoms with Crippen LogP contribution >= 0.6 is 0 Å². The van der Waals surface area contributed by atoms with E-state index in [2.05, 4.69) is 18.6 Å². The summed E-state index contributed by atoms with van der Waals surface area (Å²) in [6.07, 6.45) is 2.11. The van der Waals surface area contributed by atoms with Crippen LogP contribution in [0.25, 0.3) is 0 Å². The summed E-state index contributed by atoms with van der Waals surface area (Å²) in [4.78, 5) is 0.290. The van der Waals surface area contributed by atoms with Crippen LogP contribution in [-0.4, -0.2) is 14.5 Å². The summed E-state index contributed by atoms with van der Waals surface area (Å²) < 4.78 is 32.5. The number of rotatable bonds is 6. The van der Waals surface area contributed by atoms with Crippen LogP contribution < -0.4 is 4.72 Å². The molecule has 0 saturated heterocycles. The van der Waals surface area contributed by atoms with Gasteiger partial charge in [-0.1, -0.05) is 26.0 Å². The quantitative estimate of drug-likeness (QED) is 0.890. The van der Waals surface area contributed by atoms with E-state index in [0.717, 1.165) is 11.3 Å². The lowest BCUT2D eigenvalue weighted by Crippen LogP contribution is -2.34. The molecular formula is C16H21NO3S. The number of benzene rings is 1. The van der Waals surface area contributed by atoms with Gasteiger partial charge in [0.05, 0.1) is 11.2 Å². The molecular weight excluding hydrogens is 286 g/mol. The molecule has 1 N–H and O–H groups in total. The fraction of sp³-hybridized carbons (Fsp3) is 0.375. The van der Waals surface area contributed by atoms with Crippen molar-refractivity contribution in [1.82, 2.24) is 4.72 Å². The summed E-state index contributed by atoms with van der Waals surface area (Å²) in [5, 5.41) is 0. The normalized spacial score (nSPS) is 13.5. The van der Waals surface area contributed by atoms with E-state index in [4.69, 9.17) is 4.42 Å². The zero-order valence-electron chi connectivity index (χ0n) is 12.5. The van der Waals surface area contributed by atoms with Gasteiger partial charge in [-0.2, -0.15) is 0 Å². The molecule has 1 heterocycles. The Kier molecular flexibility index (Phi) is 4.85. The van der Waals surface area contributed by atoms with Gasteiger partial charge >= 0.3 is 0 Å². The monoisotopic (exact) mass is 307 g/mol. The Bertz CT molecular complexity index is 658. The van der Waals surface area contributed by atoms with Crippen molar-refractivity contribution in [2.75, 3.05) is 0 Å². The first-order valence-electron chi connectivity index (χ1n) is 7.03. The predicted octanol–water partition coefficient (Wildman–Crippen LogP) is 3.31. The van der Waals surface area contributed by atoms with Crippen LogP contribution in [-0.2, 0) is 16.4 Å². The van der Waals surface area contributed by atoms with Gasteiger partial charge in [0.2, 0.25) is 10.0 Å². The molecule has 0 spiro atoms. The van der Waals surface area contributed by atoms with Gasteiger partial charge in [-0.15, -0.1) is 0 Å². The molecule has 2 rings (SSSR count). The molecule has 114 valence electrons. The van der Waals surface area contributed by atoms with Crippen molar-refractivity contribution in [2.24, 2.45) is 0 Å². The Morgan fingerprint density at radius 3 is 2.29 bits per heavy atom. The highest BCUT2D eigenvalue weighted by atomic mass is 32.2. The molecule has 0 aliphatic heterocycles. The van der Waals surface area contributed by atoms with E-state index >= 15 is 0 Å². The van der Waals surface area contributed by atoms with E-state index in [-0.39, 0.29) is 10.9 Å². The van der Waals surface area contributed by atoms with Crippen LogP contribution in [0.4, 0.5) is 0 Å². The maximum Gasteiger partial charge on any atom is 0.240 e. The van der Waals surface area contributed by atoms with Crippen molar-refractivity contribution in [3.63, 3.8) is 0 Å². The van der Waals surface area contributed by atoms with Crippen molar-refractivity contribution in [1.29, 1.82) is 0 Å².